The molecular weight excluding hydrogens is 347 g/mol. The number of carbonyl (C=O) groups excluding carboxylic acids is 2. The smallest absolute Gasteiger partial charge is 0.329 e. The van der Waals surface area contributed by atoms with E-state index in [1.54, 1.807) is 4.90 Å². The van der Waals surface area contributed by atoms with Crippen LogP contribution in [0.1, 0.15) is 11.1 Å². The lowest BCUT2D eigenvalue weighted by molar-refractivity contribution is -0.137. The van der Waals surface area contributed by atoms with Gasteiger partial charge in [-0.25, -0.2) is 4.79 Å². The van der Waals surface area contributed by atoms with Crippen LogP contribution in [0.4, 0.5) is 29.3 Å². The second-order valence-electron chi connectivity index (χ2n) is 5.81. The number of nitrogens with one attached hydrogen (secondary N) is 2. The third-order valence-electron chi connectivity index (χ3n) is 4.04. The zero-order chi connectivity index (χ0) is 18.7. The van der Waals surface area contributed by atoms with Gasteiger partial charge in [0.25, 0.3) is 0 Å². The number of benzene rings is 2. The number of anilines is 2. The summed E-state index contributed by atoms with van der Waals surface area (Å²) >= 11 is 0. The SMILES string of the molecule is O=C(NCC(=O)N1CCc2ccccc21)Nc1cccc(C(F)(F)F)c1. The maximum absolute atomic E-state index is 12.7. The van der Waals surface area contributed by atoms with E-state index in [1.165, 1.54) is 12.1 Å². The molecule has 2 aromatic rings. The van der Waals surface area contributed by atoms with Crippen molar-refractivity contribution in [3.63, 3.8) is 0 Å². The fourth-order valence-corrected chi connectivity index (χ4v) is 2.80. The van der Waals surface area contributed by atoms with Crippen LogP contribution < -0.4 is 15.5 Å². The van der Waals surface area contributed by atoms with Gasteiger partial charge in [0.2, 0.25) is 5.91 Å². The number of nitrogens with zero attached hydrogens (tertiary/aromatic N) is 1. The van der Waals surface area contributed by atoms with Gasteiger partial charge in [0.05, 0.1) is 12.1 Å². The van der Waals surface area contributed by atoms with Gasteiger partial charge in [0.1, 0.15) is 0 Å². The van der Waals surface area contributed by atoms with E-state index in [1.807, 2.05) is 24.3 Å². The Bertz CT molecular complexity index is 836. The molecule has 0 aliphatic carbocycles. The van der Waals surface area contributed by atoms with Crippen molar-refractivity contribution in [1.29, 1.82) is 0 Å². The number of hydrogen-bond acceptors (Lipinski definition) is 2. The first-order valence-corrected chi connectivity index (χ1v) is 7.95. The molecule has 1 heterocycles. The van der Waals surface area contributed by atoms with Crippen LogP contribution in [-0.4, -0.2) is 25.0 Å². The first kappa shape index (κ1) is 17.8. The number of alkyl halides is 3. The van der Waals surface area contributed by atoms with Gasteiger partial charge < -0.3 is 15.5 Å². The molecule has 0 unspecified atom stereocenters. The Morgan fingerprint density at radius 2 is 1.85 bits per heavy atom. The third kappa shape index (κ3) is 3.96. The largest absolute Gasteiger partial charge is 0.416 e. The highest BCUT2D eigenvalue weighted by Crippen LogP contribution is 2.30. The number of urea groups is 1. The predicted molar refractivity (Wildman–Crippen MR) is 91.0 cm³/mol. The molecule has 3 amide bonds. The van der Waals surface area contributed by atoms with Gasteiger partial charge in [-0.2, -0.15) is 13.2 Å². The average molecular weight is 363 g/mol. The van der Waals surface area contributed by atoms with Gasteiger partial charge in [-0.15, -0.1) is 0 Å². The number of halogens is 3. The zero-order valence-corrected chi connectivity index (χ0v) is 13.6. The molecule has 3 rings (SSSR count). The van der Waals surface area contributed by atoms with Crippen molar-refractivity contribution in [3.05, 3.63) is 59.7 Å². The van der Waals surface area contributed by atoms with Gasteiger partial charge in [0.15, 0.2) is 0 Å². The van der Waals surface area contributed by atoms with Crippen molar-refractivity contribution < 1.29 is 22.8 Å². The van der Waals surface area contributed by atoms with Crippen LogP contribution in [0.2, 0.25) is 0 Å². The van der Waals surface area contributed by atoms with Crippen LogP contribution in [0.15, 0.2) is 48.5 Å². The van der Waals surface area contributed by atoms with Crippen LogP contribution in [-0.2, 0) is 17.4 Å². The zero-order valence-electron chi connectivity index (χ0n) is 13.6. The monoisotopic (exact) mass is 363 g/mol. The lowest BCUT2D eigenvalue weighted by Crippen LogP contribution is -2.41. The Morgan fingerprint density at radius 1 is 1.08 bits per heavy atom. The van der Waals surface area contributed by atoms with Crippen molar-refractivity contribution in [2.45, 2.75) is 12.6 Å². The summed E-state index contributed by atoms with van der Waals surface area (Å²) in [5.41, 5.74) is 1.02. The molecule has 26 heavy (non-hydrogen) atoms. The molecule has 136 valence electrons. The normalized spacial score (nSPS) is 13.3. The Labute approximate surface area is 147 Å². The molecule has 0 bridgehead atoms. The lowest BCUT2D eigenvalue weighted by atomic mass is 10.2. The van der Waals surface area contributed by atoms with Crippen LogP contribution in [0.5, 0.6) is 0 Å². The van der Waals surface area contributed by atoms with Crippen LogP contribution >= 0.6 is 0 Å². The Kier molecular flexibility index (Phi) is 4.83. The minimum atomic E-state index is -4.49. The molecule has 0 saturated carbocycles. The van der Waals surface area contributed by atoms with E-state index < -0.39 is 17.8 Å². The van der Waals surface area contributed by atoms with Crippen molar-refractivity contribution in [3.8, 4) is 0 Å². The van der Waals surface area contributed by atoms with Crippen molar-refractivity contribution in [2.75, 3.05) is 23.3 Å². The highest BCUT2D eigenvalue weighted by Gasteiger charge is 2.30. The van der Waals surface area contributed by atoms with E-state index in [9.17, 15) is 22.8 Å². The molecule has 0 spiro atoms. The number of para-hydroxylation sites is 1. The molecule has 0 aromatic heterocycles. The first-order valence-electron chi connectivity index (χ1n) is 7.95. The first-order chi connectivity index (χ1) is 12.3. The number of amides is 3. The highest BCUT2D eigenvalue weighted by molar-refractivity contribution is 5.99. The van der Waals surface area contributed by atoms with Crippen molar-refractivity contribution >= 4 is 23.3 Å². The molecular formula is C18H16F3N3O2. The van der Waals surface area contributed by atoms with Gasteiger partial charge in [-0.1, -0.05) is 24.3 Å². The number of carbonyl (C=O) groups is 2. The molecule has 2 N–H and O–H groups in total. The molecule has 8 heteroatoms. The maximum atomic E-state index is 12.7. The van der Waals surface area contributed by atoms with Gasteiger partial charge in [0, 0.05) is 17.9 Å². The summed E-state index contributed by atoms with van der Waals surface area (Å²) in [6.07, 6.45) is -3.74. The summed E-state index contributed by atoms with van der Waals surface area (Å²) in [6, 6.07) is 11.0. The average Bonchev–Trinajstić information content (AvgIpc) is 3.03. The molecule has 1 aliphatic heterocycles. The maximum Gasteiger partial charge on any atom is 0.416 e. The van der Waals surface area contributed by atoms with Gasteiger partial charge in [-0.3, -0.25) is 4.79 Å². The minimum absolute atomic E-state index is 0.00343. The summed E-state index contributed by atoms with van der Waals surface area (Å²) in [5, 5.41) is 4.67. The summed E-state index contributed by atoms with van der Waals surface area (Å²) in [6.45, 7) is 0.286. The second-order valence-corrected chi connectivity index (χ2v) is 5.81. The number of rotatable bonds is 3. The summed E-state index contributed by atoms with van der Waals surface area (Å²) in [4.78, 5) is 25.7. The molecule has 0 saturated heterocycles. The van der Waals surface area contributed by atoms with Crippen LogP contribution in [0.3, 0.4) is 0 Å². The highest BCUT2D eigenvalue weighted by atomic mass is 19.4. The standard InChI is InChI=1S/C18H16F3N3O2/c19-18(20,21)13-5-3-6-14(10-13)23-17(26)22-11-16(25)24-9-8-12-4-1-2-7-15(12)24/h1-7,10H,8-9,11H2,(H2,22,23,26). The quantitative estimate of drug-likeness (QED) is 0.878. The third-order valence-corrected chi connectivity index (χ3v) is 4.04. The fourth-order valence-electron chi connectivity index (χ4n) is 2.80. The summed E-state index contributed by atoms with van der Waals surface area (Å²) in [7, 11) is 0. The summed E-state index contributed by atoms with van der Waals surface area (Å²) < 4.78 is 38.0. The van der Waals surface area contributed by atoms with E-state index in [0.717, 1.165) is 29.8 Å². The molecule has 5 nitrogen and oxygen atoms in total. The van der Waals surface area contributed by atoms with Gasteiger partial charge >= 0.3 is 12.2 Å². The lowest BCUT2D eigenvalue weighted by Gasteiger charge is -2.17. The van der Waals surface area contributed by atoms with Crippen molar-refractivity contribution in [2.24, 2.45) is 0 Å². The Morgan fingerprint density at radius 3 is 2.62 bits per heavy atom. The molecule has 0 atom stereocenters. The van der Waals surface area contributed by atoms with Crippen LogP contribution in [0, 0.1) is 0 Å². The van der Waals surface area contributed by atoms with E-state index in [0.29, 0.717) is 6.54 Å². The molecule has 0 fully saturated rings. The Balaban J connectivity index is 1.56. The van der Waals surface area contributed by atoms with Crippen molar-refractivity contribution in [1.82, 2.24) is 5.32 Å². The van der Waals surface area contributed by atoms with E-state index in [4.69, 9.17) is 0 Å². The predicted octanol–water partition coefficient (Wildman–Crippen LogP) is 3.42. The van der Waals surface area contributed by atoms with Gasteiger partial charge in [-0.05, 0) is 36.2 Å². The van der Waals surface area contributed by atoms with E-state index in [2.05, 4.69) is 10.6 Å². The number of hydrogen-bond donors (Lipinski definition) is 2. The fraction of sp³-hybridized carbons (Fsp3) is 0.222. The van der Waals surface area contributed by atoms with E-state index in [-0.39, 0.29) is 18.1 Å². The second kappa shape index (κ2) is 7.07. The van der Waals surface area contributed by atoms with E-state index >= 15 is 0 Å². The molecule has 0 radical (unpaired) electrons. The molecule has 1 aliphatic rings. The molecule has 2 aromatic carbocycles. The topological polar surface area (TPSA) is 61.4 Å². The van der Waals surface area contributed by atoms with Crippen LogP contribution in [0.25, 0.3) is 0 Å². The number of fused-ring (bicyclic) bond motifs is 1. The minimum Gasteiger partial charge on any atom is -0.329 e. The Hall–Kier alpha value is -3.03. The summed E-state index contributed by atoms with van der Waals surface area (Å²) in [5.74, 6) is -0.283.